The van der Waals surface area contributed by atoms with Crippen LogP contribution in [-0.4, -0.2) is 39.1 Å². The minimum atomic E-state index is -0.747. The first-order valence-corrected chi connectivity index (χ1v) is 10.4. The van der Waals surface area contributed by atoms with E-state index in [1.165, 1.54) is 4.90 Å². The molecule has 3 aromatic rings. The molecule has 0 spiro atoms. The number of carbonyl (C=O) groups is 1. The summed E-state index contributed by atoms with van der Waals surface area (Å²) in [5.41, 5.74) is 2.79. The number of carbonyl (C=O) groups excluding carboxylic acids is 1. The molecule has 3 rings (SSSR count). The summed E-state index contributed by atoms with van der Waals surface area (Å²) in [5.74, 6) is -1.30. The lowest BCUT2D eigenvalue weighted by atomic mass is 10.1. The largest absolute Gasteiger partial charge is 0.481 e. The summed E-state index contributed by atoms with van der Waals surface area (Å²) in [6, 6.07) is 4.70. The van der Waals surface area contributed by atoms with E-state index in [1.54, 1.807) is 17.7 Å². The van der Waals surface area contributed by atoms with Gasteiger partial charge in [-0.25, -0.2) is 13.8 Å². The number of methoxy groups -OCH3 is 1. The predicted octanol–water partition coefficient (Wildman–Crippen LogP) is 4.58. The summed E-state index contributed by atoms with van der Waals surface area (Å²) in [6.07, 6.45) is 1.58. The van der Waals surface area contributed by atoms with Gasteiger partial charge in [-0.15, -0.1) is 0 Å². The molecule has 6 nitrogen and oxygen atoms in total. The Morgan fingerprint density at radius 3 is 2.65 bits per heavy atom. The molecule has 0 saturated heterocycles. The number of ether oxygens (including phenoxy) is 1. The molecule has 0 fully saturated rings. The van der Waals surface area contributed by atoms with Crippen molar-refractivity contribution in [2.45, 2.75) is 47.1 Å². The van der Waals surface area contributed by atoms with Crippen molar-refractivity contribution in [2.24, 2.45) is 5.92 Å². The number of aromatic nitrogens is 3. The molecule has 0 N–H and O–H groups in total. The van der Waals surface area contributed by atoms with E-state index < -0.39 is 17.5 Å². The Morgan fingerprint density at radius 1 is 1.26 bits per heavy atom. The van der Waals surface area contributed by atoms with Crippen molar-refractivity contribution in [3.63, 3.8) is 0 Å². The smallest absolute Gasteiger partial charge is 0.257 e. The molecule has 0 saturated carbocycles. The van der Waals surface area contributed by atoms with Gasteiger partial charge in [-0.2, -0.15) is 9.61 Å². The van der Waals surface area contributed by atoms with Crippen LogP contribution in [0.15, 0.2) is 24.3 Å². The van der Waals surface area contributed by atoms with E-state index in [1.807, 2.05) is 20.8 Å². The van der Waals surface area contributed by atoms with Crippen molar-refractivity contribution < 1.29 is 18.3 Å². The molecule has 2 heterocycles. The van der Waals surface area contributed by atoms with Crippen LogP contribution in [0.25, 0.3) is 5.65 Å². The molecule has 0 atom stereocenters. The molecule has 31 heavy (non-hydrogen) atoms. The van der Waals surface area contributed by atoms with Crippen molar-refractivity contribution in [1.29, 1.82) is 0 Å². The molecule has 0 aliphatic heterocycles. The number of halogens is 2. The highest BCUT2D eigenvalue weighted by molar-refractivity contribution is 5.94. The van der Waals surface area contributed by atoms with Crippen LogP contribution < -0.4 is 4.74 Å². The van der Waals surface area contributed by atoms with Crippen molar-refractivity contribution in [1.82, 2.24) is 19.5 Å². The maximum absolute atomic E-state index is 14.3. The summed E-state index contributed by atoms with van der Waals surface area (Å²) in [5, 5.41) is 4.67. The zero-order valence-corrected chi connectivity index (χ0v) is 18.6. The number of nitrogens with zero attached hydrogens (tertiary/aromatic N) is 4. The van der Waals surface area contributed by atoms with E-state index in [9.17, 15) is 13.6 Å². The summed E-state index contributed by atoms with van der Waals surface area (Å²) in [6.45, 7) is 8.40. The van der Waals surface area contributed by atoms with Crippen LogP contribution in [-0.2, 0) is 13.0 Å². The zero-order valence-electron chi connectivity index (χ0n) is 18.6. The number of benzene rings is 1. The number of hydrogen-bond donors (Lipinski definition) is 0. The monoisotopic (exact) mass is 430 g/mol. The van der Waals surface area contributed by atoms with Gasteiger partial charge in [0.2, 0.25) is 5.88 Å². The Bertz CT molecular complexity index is 1090. The molecule has 166 valence electrons. The summed E-state index contributed by atoms with van der Waals surface area (Å²) < 4.78 is 35.1. The Labute approximate surface area is 180 Å². The molecular weight excluding hydrogens is 402 g/mol. The fourth-order valence-electron chi connectivity index (χ4n) is 3.64. The third-order valence-electron chi connectivity index (χ3n) is 4.94. The van der Waals surface area contributed by atoms with Crippen LogP contribution in [0.5, 0.6) is 5.88 Å². The quantitative estimate of drug-likeness (QED) is 0.525. The number of rotatable bonds is 8. The molecule has 0 unspecified atom stereocenters. The van der Waals surface area contributed by atoms with Gasteiger partial charge in [-0.1, -0.05) is 27.2 Å². The Kier molecular flexibility index (Phi) is 6.87. The third-order valence-corrected chi connectivity index (χ3v) is 4.94. The topological polar surface area (TPSA) is 59.7 Å². The average Bonchev–Trinajstić information content (AvgIpc) is 3.05. The van der Waals surface area contributed by atoms with Crippen LogP contribution in [0, 0.1) is 24.5 Å². The number of fused-ring (bicyclic) bond motifs is 1. The van der Waals surface area contributed by atoms with Gasteiger partial charge < -0.3 is 9.64 Å². The minimum Gasteiger partial charge on any atom is -0.481 e. The normalized spacial score (nSPS) is 11.4. The minimum absolute atomic E-state index is 0.127. The van der Waals surface area contributed by atoms with Gasteiger partial charge in [0, 0.05) is 23.9 Å². The molecule has 2 aromatic heterocycles. The van der Waals surface area contributed by atoms with Gasteiger partial charge in [-0.3, -0.25) is 4.79 Å². The highest BCUT2D eigenvalue weighted by Gasteiger charge is 2.25. The highest BCUT2D eigenvalue weighted by Crippen LogP contribution is 2.24. The summed E-state index contributed by atoms with van der Waals surface area (Å²) in [4.78, 5) is 19.3. The standard InChI is InChI=1S/C23H28F2N4O2/c1-6-7-17-20(27-29-21(31-5)10-15(4)26-22(17)29)13-28(12-14(2)3)23(30)18-11-16(24)8-9-19(18)25/h8-11,14H,6-7,12-13H2,1-5H3. The molecule has 0 radical (unpaired) electrons. The van der Waals surface area contributed by atoms with Crippen molar-refractivity contribution in [3.8, 4) is 5.88 Å². The zero-order chi connectivity index (χ0) is 22.7. The molecule has 1 amide bonds. The van der Waals surface area contributed by atoms with E-state index in [-0.39, 0.29) is 18.0 Å². The van der Waals surface area contributed by atoms with Crippen LogP contribution in [0.4, 0.5) is 8.78 Å². The SMILES string of the molecule is CCCc1c(CN(CC(C)C)C(=O)c2cc(F)ccc2F)nn2c(OC)cc(C)nc12. The van der Waals surface area contributed by atoms with E-state index in [2.05, 4.69) is 17.0 Å². The van der Waals surface area contributed by atoms with E-state index in [0.29, 0.717) is 23.8 Å². The van der Waals surface area contributed by atoms with Crippen molar-refractivity contribution in [3.05, 3.63) is 58.4 Å². The predicted molar refractivity (Wildman–Crippen MR) is 114 cm³/mol. The van der Waals surface area contributed by atoms with Gasteiger partial charge in [0.25, 0.3) is 5.91 Å². The Hall–Kier alpha value is -3.03. The number of amides is 1. The van der Waals surface area contributed by atoms with Crippen LogP contribution in [0.1, 0.15) is 54.5 Å². The molecule has 0 aliphatic carbocycles. The van der Waals surface area contributed by atoms with Gasteiger partial charge in [0.05, 0.1) is 24.9 Å². The first kappa shape index (κ1) is 22.7. The second-order valence-corrected chi connectivity index (χ2v) is 8.05. The average molecular weight is 430 g/mol. The van der Waals surface area contributed by atoms with E-state index in [4.69, 9.17) is 4.74 Å². The molecule has 1 aromatic carbocycles. The fraction of sp³-hybridized carbons (Fsp3) is 0.435. The fourth-order valence-corrected chi connectivity index (χ4v) is 3.64. The second-order valence-electron chi connectivity index (χ2n) is 8.05. The van der Waals surface area contributed by atoms with Crippen LogP contribution in [0.2, 0.25) is 0 Å². The molecule has 0 bridgehead atoms. The van der Waals surface area contributed by atoms with Crippen LogP contribution >= 0.6 is 0 Å². The molecule has 8 heteroatoms. The van der Waals surface area contributed by atoms with Gasteiger partial charge in [-0.05, 0) is 37.5 Å². The van der Waals surface area contributed by atoms with Crippen molar-refractivity contribution in [2.75, 3.05) is 13.7 Å². The van der Waals surface area contributed by atoms with E-state index in [0.717, 1.165) is 42.3 Å². The lowest BCUT2D eigenvalue weighted by Gasteiger charge is -2.24. The Balaban J connectivity index is 2.08. The second kappa shape index (κ2) is 9.41. The first-order chi connectivity index (χ1) is 14.7. The maximum atomic E-state index is 14.3. The van der Waals surface area contributed by atoms with Gasteiger partial charge >= 0.3 is 0 Å². The Morgan fingerprint density at radius 2 is 2.00 bits per heavy atom. The molecule has 0 aliphatic rings. The summed E-state index contributed by atoms with van der Waals surface area (Å²) >= 11 is 0. The van der Waals surface area contributed by atoms with E-state index >= 15 is 0 Å². The number of aryl methyl sites for hydroxylation is 2. The maximum Gasteiger partial charge on any atom is 0.257 e. The van der Waals surface area contributed by atoms with Crippen LogP contribution in [0.3, 0.4) is 0 Å². The number of hydrogen-bond acceptors (Lipinski definition) is 4. The lowest BCUT2D eigenvalue weighted by Crippen LogP contribution is -2.34. The first-order valence-electron chi connectivity index (χ1n) is 10.4. The van der Waals surface area contributed by atoms with Gasteiger partial charge in [0.1, 0.15) is 11.6 Å². The highest BCUT2D eigenvalue weighted by atomic mass is 19.1. The van der Waals surface area contributed by atoms with Gasteiger partial charge in [0.15, 0.2) is 5.65 Å². The third kappa shape index (κ3) is 4.84. The summed E-state index contributed by atoms with van der Waals surface area (Å²) in [7, 11) is 1.57. The molecular formula is C23H28F2N4O2. The lowest BCUT2D eigenvalue weighted by molar-refractivity contribution is 0.0714. The van der Waals surface area contributed by atoms with Crippen molar-refractivity contribution >= 4 is 11.6 Å².